The van der Waals surface area contributed by atoms with Crippen LogP contribution in [-0.4, -0.2) is 57.7 Å². The minimum Gasteiger partial charge on any atom is -0.390 e. The molecule has 0 amide bonds. The molecule has 1 unspecified atom stereocenters. The molecule has 0 aromatic carbocycles. The van der Waals surface area contributed by atoms with Gasteiger partial charge in [-0.15, -0.1) is 18.2 Å². The van der Waals surface area contributed by atoms with Crippen LogP contribution in [0.2, 0.25) is 0 Å². The molecule has 0 aromatic rings. The van der Waals surface area contributed by atoms with Crippen LogP contribution < -0.4 is 0 Å². The smallest absolute Gasteiger partial charge is 0.182 e. The third-order valence-electron chi connectivity index (χ3n) is 9.20. The highest BCUT2D eigenvalue weighted by atomic mass is 35.5. The number of halogens is 2. The van der Waals surface area contributed by atoms with Crippen molar-refractivity contribution in [2.24, 2.45) is 22.7 Å². The Labute approximate surface area is 187 Å². The molecule has 0 aromatic heterocycles. The van der Waals surface area contributed by atoms with E-state index in [0.29, 0.717) is 25.7 Å². The largest absolute Gasteiger partial charge is 0.390 e. The third-order valence-corrected chi connectivity index (χ3v) is 9.44. The van der Waals surface area contributed by atoms with Gasteiger partial charge in [-0.2, -0.15) is 0 Å². The van der Waals surface area contributed by atoms with Crippen LogP contribution in [0, 0.1) is 22.7 Å². The molecule has 3 saturated carbocycles. The molecule has 4 rings (SSSR count). The predicted molar refractivity (Wildman–Crippen MR) is 114 cm³/mol. The summed E-state index contributed by atoms with van der Waals surface area (Å²) >= 11 is 5.88. The number of aliphatic hydroxyl groups is 2. The highest BCUT2D eigenvalue weighted by Crippen LogP contribution is 2.70. The summed E-state index contributed by atoms with van der Waals surface area (Å²) in [7, 11) is 0. The molecule has 8 atom stereocenters. The van der Waals surface area contributed by atoms with Gasteiger partial charge in [0.2, 0.25) is 0 Å². The number of fused-ring (bicyclic) bond motifs is 5. The van der Waals surface area contributed by atoms with Gasteiger partial charge in [0.25, 0.3) is 0 Å². The Balaban J connectivity index is 1.81. The Morgan fingerprint density at radius 2 is 2.10 bits per heavy atom. The van der Waals surface area contributed by atoms with Gasteiger partial charge in [-0.3, -0.25) is 9.59 Å². The molecule has 4 aliphatic rings. The lowest BCUT2D eigenvalue weighted by Gasteiger charge is -2.63. The number of ether oxygens (including phenoxy) is 1. The maximum atomic E-state index is 17.1. The molecule has 31 heavy (non-hydrogen) atoms. The first-order chi connectivity index (χ1) is 14.5. The van der Waals surface area contributed by atoms with Gasteiger partial charge in [-0.05, 0) is 44.1 Å². The molecule has 2 N–H and O–H groups in total. The van der Waals surface area contributed by atoms with Crippen molar-refractivity contribution in [3.63, 3.8) is 0 Å². The van der Waals surface area contributed by atoms with Crippen molar-refractivity contribution in [1.29, 1.82) is 0 Å². The van der Waals surface area contributed by atoms with Gasteiger partial charge in [-0.1, -0.05) is 25.5 Å². The van der Waals surface area contributed by atoms with E-state index in [-0.39, 0.29) is 37.0 Å². The maximum absolute atomic E-state index is 17.1. The average Bonchev–Trinajstić information content (AvgIpc) is 2.95. The number of alkyl halides is 2. The molecule has 0 radical (unpaired) electrons. The lowest BCUT2D eigenvalue weighted by Crippen LogP contribution is -2.70. The molecule has 5 nitrogen and oxygen atoms in total. The fourth-order valence-electron chi connectivity index (χ4n) is 7.53. The minimum absolute atomic E-state index is 0.00509. The summed E-state index contributed by atoms with van der Waals surface area (Å²) in [5.41, 5.74) is -5.11. The fourth-order valence-corrected chi connectivity index (χ4v) is 7.74. The first kappa shape index (κ1) is 23.1. The third kappa shape index (κ3) is 2.77. The van der Waals surface area contributed by atoms with Crippen molar-refractivity contribution in [2.45, 2.75) is 75.9 Å². The number of allylic oxidation sites excluding steroid dienone is 1. The quantitative estimate of drug-likeness (QED) is 0.492. The molecule has 0 spiro atoms. The fraction of sp³-hybridized carbons (Fsp3) is 0.750. The molecule has 172 valence electrons. The second kappa shape index (κ2) is 7.47. The maximum Gasteiger partial charge on any atom is 0.182 e. The number of rotatable bonds is 5. The lowest BCUT2D eigenvalue weighted by molar-refractivity contribution is -0.230. The second-order valence-corrected chi connectivity index (χ2v) is 10.6. The van der Waals surface area contributed by atoms with Gasteiger partial charge in [0.15, 0.2) is 17.2 Å². The van der Waals surface area contributed by atoms with Crippen molar-refractivity contribution in [3.8, 4) is 0 Å². The van der Waals surface area contributed by atoms with Crippen LogP contribution >= 0.6 is 11.6 Å². The first-order valence-corrected chi connectivity index (χ1v) is 11.7. The molecular weight excluding hydrogens is 423 g/mol. The highest BCUT2D eigenvalue weighted by molar-refractivity contribution is 6.29. The summed E-state index contributed by atoms with van der Waals surface area (Å²) in [4.78, 5) is 24.9. The summed E-state index contributed by atoms with van der Waals surface area (Å²) in [5, 5.41) is 23.0. The van der Waals surface area contributed by atoms with E-state index in [1.54, 1.807) is 19.1 Å². The number of Topliss-reactive ketones (excluding diaryl/α,β-unsaturated/α-hetero) is 1. The number of hydrogen-bond acceptors (Lipinski definition) is 5. The summed E-state index contributed by atoms with van der Waals surface area (Å²) in [5.74, 6) is -1.88. The van der Waals surface area contributed by atoms with Crippen LogP contribution in [0.25, 0.3) is 0 Å². The molecule has 0 heterocycles. The number of carbonyl (C=O) groups is 2. The van der Waals surface area contributed by atoms with Gasteiger partial charge in [0, 0.05) is 23.2 Å². The normalized spacial score (nSPS) is 49.0. The van der Waals surface area contributed by atoms with Gasteiger partial charge < -0.3 is 14.9 Å². The zero-order valence-electron chi connectivity index (χ0n) is 18.2. The molecule has 0 saturated heterocycles. The van der Waals surface area contributed by atoms with E-state index in [1.807, 2.05) is 6.92 Å². The Morgan fingerprint density at radius 3 is 2.74 bits per heavy atom. The Bertz CT molecular complexity index is 844. The minimum atomic E-state index is -1.94. The van der Waals surface area contributed by atoms with E-state index in [2.05, 4.69) is 6.58 Å². The summed E-state index contributed by atoms with van der Waals surface area (Å²) in [6, 6.07) is 0. The zero-order valence-corrected chi connectivity index (χ0v) is 19.0. The number of aliphatic hydroxyl groups excluding tert-OH is 1. The molecule has 0 bridgehead atoms. The van der Waals surface area contributed by atoms with Gasteiger partial charge in [0.1, 0.15) is 5.67 Å². The number of carbonyl (C=O) groups excluding carboxylic acids is 2. The predicted octanol–water partition coefficient (Wildman–Crippen LogP) is 3.30. The van der Waals surface area contributed by atoms with Gasteiger partial charge >= 0.3 is 0 Å². The molecule has 4 aliphatic carbocycles. The monoisotopic (exact) mass is 454 g/mol. The van der Waals surface area contributed by atoms with E-state index in [9.17, 15) is 19.8 Å². The number of ketones is 2. The standard InChI is InChI=1S/C24H32ClFO5/c1-4-9-31-20-11-17-16-6-5-14-10-15(27)7-8-21(14,2)23(16,26)18(28)12-22(17,3)24(20,30)19(29)13-25/h4,10,16-18,20,28,30H,1,5-9,11-13H2,2-3H3/t16-,17-,18-,20+,21-,22-,23?,24+/m0/s1. The number of hydrogen-bond donors (Lipinski definition) is 2. The summed E-state index contributed by atoms with van der Waals surface area (Å²) < 4.78 is 23.0. The Hall–Kier alpha value is -1.08. The van der Waals surface area contributed by atoms with Gasteiger partial charge in [0.05, 0.1) is 24.7 Å². The van der Waals surface area contributed by atoms with Crippen LogP contribution in [0.3, 0.4) is 0 Å². The molecule has 7 heteroatoms. The van der Waals surface area contributed by atoms with Crippen LogP contribution in [0.15, 0.2) is 24.3 Å². The highest BCUT2D eigenvalue weighted by Gasteiger charge is 2.76. The molecule has 3 fully saturated rings. The van der Waals surface area contributed by atoms with E-state index >= 15 is 4.39 Å². The molecule has 0 aliphatic heterocycles. The van der Waals surface area contributed by atoms with E-state index in [0.717, 1.165) is 5.57 Å². The van der Waals surface area contributed by atoms with Crippen molar-refractivity contribution >= 4 is 23.2 Å². The van der Waals surface area contributed by atoms with Crippen molar-refractivity contribution < 1.29 is 28.9 Å². The zero-order chi connectivity index (χ0) is 22.8. The Morgan fingerprint density at radius 1 is 1.39 bits per heavy atom. The van der Waals surface area contributed by atoms with E-state index in [4.69, 9.17) is 16.3 Å². The van der Waals surface area contributed by atoms with Crippen LogP contribution in [0.1, 0.15) is 52.4 Å². The summed E-state index contributed by atoms with van der Waals surface area (Å²) in [6.07, 6.45) is 2.74. The topological polar surface area (TPSA) is 83.8 Å². The first-order valence-electron chi connectivity index (χ1n) is 11.2. The van der Waals surface area contributed by atoms with E-state index < -0.39 is 46.0 Å². The van der Waals surface area contributed by atoms with Crippen molar-refractivity contribution in [3.05, 3.63) is 24.3 Å². The Kier molecular flexibility index (Phi) is 5.57. The van der Waals surface area contributed by atoms with Crippen LogP contribution in [0.5, 0.6) is 0 Å². The second-order valence-electron chi connectivity index (χ2n) is 10.3. The lowest BCUT2D eigenvalue weighted by atomic mass is 9.44. The summed E-state index contributed by atoms with van der Waals surface area (Å²) in [6.45, 7) is 7.37. The average molecular weight is 455 g/mol. The van der Waals surface area contributed by atoms with Crippen molar-refractivity contribution in [1.82, 2.24) is 0 Å². The SMILES string of the molecule is C=CCO[C@@H]1C[C@H]2[C@@H]3CCC4=CC(=O)CC[C@]4(C)C3(F)[C@@H](O)C[C@]2(C)[C@@]1(O)C(=O)CCl. The van der Waals surface area contributed by atoms with Crippen molar-refractivity contribution in [2.75, 3.05) is 12.5 Å². The van der Waals surface area contributed by atoms with Gasteiger partial charge in [-0.25, -0.2) is 4.39 Å². The van der Waals surface area contributed by atoms with Crippen LogP contribution in [0.4, 0.5) is 4.39 Å². The van der Waals surface area contributed by atoms with E-state index in [1.165, 1.54) is 0 Å². The molecular formula is C24H32ClFO5. The van der Waals surface area contributed by atoms with Crippen LogP contribution in [-0.2, 0) is 14.3 Å².